The van der Waals surface area contributed by atoms with E-state index in [4.69, 9.17) is 34.4 Å². The van der Waals surface area contributed by atoms with Gasteiger partial charge in [0.1, 0.15) is 66.2 Å². The van der Waals surface area contributed by atoms with Gasteiger partial charge in [-0.2, -0.15) is 0 Å². The van der Waals surface area contributed by atoms with Crippen molar-refractivity contribution in [2.24, 2.45) is 45.3 Å². The molecule has 2 saturated heterocycles. The number of carbonyl (C=O) groups is 15. The Morgan fingerprint density at radius 1 is 0.617 bits per heavy atom. The van der Waals surface area contributed by atoms with Gasteiger partial charge in [0.05, 0.1) is 31.4 Å². The van der Waals surface area contributed by atoms with Gasteiger partial charge in [-0.3, -0.25) is 76.9 Å². The Bertz CT molecular complexity index is 2900. The molecule has 11 atom stereocenters. The topological polar surface area (TPSA) is 601 Å². The number of amides is 15. The van der Waals surface area contributed by atoms with Gasteiger partial charge in [-0.25, -0.2) is 0 Å². The number of phenols is 1. The minimum absolute atomic E-state index is 0.00594. The molecule has 15 amide bonds. The van der Waals surface area contributed by atoms with Gasteiger partial charge < -0.3 is 108 Å². The zero-order valence-electron chi connectivity index (χ0n) is 53.0. The fraction of sp³-hybridized carbons (Fsp3) is 0.614. The molecule has 3 rings (SSSR count). The van der Waals surface area contributed by atoms with Crippen LogP contribution in [0.1, 0.15) is 104 Å². The first-order valence-electron chi connectivity index (χ1n) is 30.5. The molecule has 0 aliphatic carbocycles. The Morgan fingerprint density at radius 2 is 1.20 bits per heavy atom. The van der Waals surface area contributed by atoms with E-state index < -0.39 is 193 Å². The quantitative estimate of drug-likeness (QED) is 0.0347. The van der Waals surface area contributed by atoms with Gasteiger partial charge in [-0.1, -0.05) is 26.0 Å². The molecule has 1 aromatic carbocycles. The van der Waals surface area contributed by atoms with Crippen molar-refractivity contribution in [3.05, 3.63) is 29.8 Å². The van der Waals surface area contributed by atoms with Gasteiger partial charge in [0.2, 0.25) is 88.6 Å². The number of carbonyl (C=O) groups excluding carboxylic acids is 15. The number of nitrogens with zero attached hydrogens (tertiary/aromatic N) is 2. The number of aliphatic hydroxyl groups is 1. The highest BCUT2D eigenvalue weighted by atomic mass is 32.2. The number of thioether (sulfide) groups is 1. The first-order valence-corrected chi connectivity index (χ1v) is 31.7. The fourth-order valence-corrected chi connectivity index (χ4v) is 10.5. The molecule has 522 valence electrons. The Hall–Kier alpha value is -9.39. The Kier molecular flexibility index (Phi) is 33.5. The third-order valence-corrected chi connectivity index (χ3v) is 15.6. The number of guanidine groups is 1. The van der Waals surface area contributed by atoms with Crippen LogP contribution in [0.15, 0.2) is 29.3 Å². The van der Waals surface area contributed by atoms with E-state index in [2.05, 4.69) is 63.5 Å². The number of nitrogens with one attached hydrogen (secondary N) is 11. The van der Waals surface area contributed by atoms with E-state index in [-0.39, 0.29) is 94.4 Å². The van der Waals surface area contributed by atoms with Crippen LogP contribution >= 0.6 is 11.8 Å². The molecule has 36 nitrogen and oxygen atoms in total. The van der Waals surface area contributed by atoms with E-state index in [0.717, 1.165) is 23.6 Å². The maximum atomic E-state index is 14.5. The molecular formula is C57H91N19O17S. The lowest BCUT2D eigenvalue weighted by atomic mass is 10.00. The second kappa shape index (κ2) is 39.9. The van der Waals surface area contributed by atoms with Crippen molar-refractivity contribution in [1.82, 2.24) is 63.4 Å². The number of benzene rings is 1. The van der Waals surface area contributed by atoms with Gasteiger partial charge in [-0.05, 0) is 102 Å². The lowest BCUT2D eigenvalue weighted by molar-refractivity contribution is -0.143. The summed E-state index contributed by atoms with van der Waals surface area (Å²) in [7, 11) is 0. The van der Waals surface area contributed by atoms with Crippen LogP contribution in [0, 0.1) is 5.92 Å². The predicted octanol–water partition coefficient (Wildman–Crippen LogP) is -8.48. The number of hydrogen-bond acceptors (Lipinski definition) is 20. The summed E-state index contributed by atoms with van der Waals surface area (Å²) < 4.78 is 0. The number of aromatic hydroxyl groups is 1. The molecule has 0 unspecified atom stereocenters. The molecule has 0 radical (unpaired) electrons. The zero-order valence-corrected chi connectivity index (χ0v) is 53.8. The maximum Gasteiger partial charge on any atom is 0.245 e. The van der Waals surface area contributed by atoms with Gasteiger partial charge in [0.15, 0.2) is 5.96 Å². The third kappa shape index (κ3) is 28.2. The Labute approximate surface area is 546 Å². The molecule has 94 heavy (non-hydrogen) atoms. The monoisotopic (exact) mass is 1350 g/mol. The Balaban J connectivity index is 2.10. The molecule has 25 N–H and O–H groups in total. The number of phenolic OH excluding ortho intramolecular Hbond substituents is 1. The van der Waals surface area contributed by atoms with E-state index in [1.165, 1.54) is 31.2 Å². The van der Waals surface area contributed by atoms with Crippen LogP contribution in [-0.4, -0.2) is 220 Å². The molecule has 0 saturated carbocycles. The summed E-state index contributed by atoms with van der Waals surface area (Å²) in [6, 6.07) is -9.54. The van der Waals surface area contributed by atoms with Crippen molar-refractivity contribution >= 4 is 106 Å². The number of aliphatic imine (C=N–C) groups is 1. The summed E-state index contributed by atoms with van der Waals surface area (Å²) in [5, 5.41) is 47.5. The molecule has 0 bridgehead atoms. The van der Waals surface area contributed by atoms with E-state index in [1.54, 1.807) is 13.8 Å². The van der Waals surface area contributed by atoms with Gasteiger partial charge in [0.25, 0.3) is 0 Å². The number of unbranched alkanes of at least 4 members (excludes halogenated alkanes) is 1. The lowest BCUT2D eigenvalue weighted by Crippen LogP contribution is -2.61. The predicted molar refractivity (Wildman–Crippen MR) is 338 cm³/mol. The van der Waals surface area contributed by atoms with Crippen molar-refractivity contribution in [3.8, 4) is 5.75 Å². The summed E-state index contributed by atoms with van der Waals surface area (Å²) in [4.78, 5) is 208. The van der Waals surface area contributed by atoms with Crippen molar-refractivity contribution in [2.45, 2.75) is 171 Å². The number of rotatable bonds is 19. The molecule has 2 aliphatic rings. The fourth-order valence-electron chi connectivity index (χ4n) is 9.66. The third-order valence-electron chi connectivity index (χ3n) is 14.6. The highest BCUT2D eigenvalue weighted by molar-refractivity contribution is 8.00. The van der Waals surface area contributed by atoms with Crippen molar-refractivity contribution in [1.29, 1.82) is 0 Å². The van der Waals surface area contributed by atoms with E-state index in [1.807, 2.05) is 0 Å². The largest absolute Gasteiger partial charge is 0.508 e. The van der Waals surface area contributed by atoms with Crippen LogP contribution < -0.4 is 92.9 Å². The molecule has 0 spiro atoms. The molecule has 2 aliphatic heterocycles. The van der Waals surface area contributed by atoms with Crippen molar-refractivity contribution in [3.63, 3.8) is 0 Å². The second-order valence-electron chi connectivity index (χ2n) is 23.0. The average Bonchev–Trinajstić information content (AvgIpc) is 1.60. The lowest BCUT2D eigenvalue weighted by Gasteiger charge is -2.31. The van der Waals surface area contributed by atoms with Crippen LogP contribution in [-0.2, 0) is 78.3 Å². The van der Waals surface area contributed by atoms with Gasteiger partial charge in [-0.15, -0.1) is 11.8 Å². The minimum atomic E-state index is -1.92. The number of fused-ring (bicyclic) bond motifs is 1. The van der Waals surface area contributed by atoms with Crippen molar-refractivity contribution < 1.29 is 82.1 Å². The van der Waals surface area contributed by atoms with Crippen LogP contribution in [0.25, 0.3) is 0 Å². The van der Waals surface area contributed by atoms with Crippen LogP contribution in [0.5, 0.6) is 5.75 Å². The summed E-state index contributed by atoms with van der Waals surface area (Å²) in [5.41, 5.74) is 33.6. The van der Waals surface area contributed by atoms with E-state index in [9.17, 15) is 82.1 Å². The standard InChI is InChI=1S/C57H91N19O17S/c1-28(2)21-36-51(88)70-33(10-7-19-64-57(62)63)50(87)67-29(3)48(85)72-35(9-5-6-18-58)56(93)76-20-8-11-40(76)54(91)75-46(30(4)77)55(92)74-38(23-42(60)80)53(90)71-34(16-17-41(59)79)49(86)66-24-43(81)65-25-44(82)69-39(47(61)84)26-94-27-45(83)68-37(52(89)73-36)22-31-12-14-32(78)15-13-31/h12-15,28-30,33-40,46,77-78H,5-11,16-27,58H2,1-4H3,(H2,59,79)(H2,60,80)(H2,61,84)(H,65,81)(H,66,86)(H,67,87)(H,68,83)(H,69,82)(H,70,88)(H,71,90)(H,72,85)(H,73,89)(H,74,92)(H,75,91)(H4,62,63,64)/t29-,30+,33-,34-,35-,36-,37-,38-,39-,40-,46-/m0/s1. The van der Waals surface area contributed by atoms with Gasteiger partial charge in [0, 0.05) is 31.7 Å². The number of primary amides is 3. The van der Waals surface area contributed by atoms with E-state index >= 15 is 0 Å². The smallest absolute Gasteiger partial charge is 0.245 e. The Morgan fingerprint density at radius 3 is 1.81 bits per heavy atom. The highest BCUT2D eigenvalue weighted by Gasteiger charge is 2.41. The molecular weight excluding hydrogens is 1250 g/mol. The average molecular weight is 1350 g/mol. The second-order valence-corrected chi connectivity index (χ2v) is 24.0. The minimum Gasteiger partial charge on any atom is -0.508 e. The molecule has 0 aromatic heterocycles. The molecule has 37 heteroatoms. The van der Waals surface area contributed by atoms with Gasteiger partial charge >= 0.3 is 0 Å². The van der Waals surface area contributed by atoms with Crippen LogP contribution in [0.2, 0.25) is 0 Å². The summed E-state index contributed by atoms with van der Waals surface area (Å²) in [5.74, 6) is -16.1. The first kappa shape index (κ1) is 78.9. The summed E-state index contributed by atoms with van der Waals surface area (Å²) in [6.45, 7) is 4.42. The zero-order chi connectivity index (χ0) is 70.4. The number of aliphatic hydroxyl groups excluding tert-OH is 1. The number of nitrogens with two attached hydrogens (primary N) is 6. The molecule has 2 heterocycles. The van der Waals surface area contributed by atoms with E-state index in [0.29, 0.717) is 12.0 Å². The molecule has 2 fully saturated rings. The SMILES string of the molecule is CC(C)C[C@@H]1NC(=O)[C@H](Cc2ccc(O)cc2)NC(=O)CSC[C@@H](C(N)=O)NC(=O)CNC(=O)CNC(=O)[C@H](CCC(N)=O)NC(=O)[C@H](CC(N)=O)NC(=O)[C@H]([C@@H](C)O)NC(=O)[C@@H]2CCCN2C(=O)[C@H](CCCCN)NC(=O)[C@H](C)NC(=O)[C@H](CCCN=C(N)N)NC1=O. The maximum absolute atomic E-state index is 14.5. The van der Waals surface area contributed by atoms with Crippen LogP contribution in [0.3, 0.4) is 0 Å². The number of hydrogen-bond donors (Lipinski definition) is 19. The summed E-state index contributed by atoms with van der Waals surface area (Å²) >= 11 is 0.802. The molecule has 1 aromatic rings. The summed E-state index contributed by atoms with van der Waals surface area (Å²) in [6.07, 6.45) is -2.98. The normalized spacial score (nSPS) is 25.0. The highest BCUT2D eigenvalue weighted by Crippen LogP contribution is 2.21. The first-order chi connectivity index (χ1) is 44.3. The van der Waals surface area contributed by atoms with Crippen LogP contribution in [0.4, 0.5) is 0 Å². The van der Waals surface area contributed by atoms with Crippen molar-refractivity contribution in [2.75, 3.05) is 44.2 Å².